The summed E-state index contributed by atoms with van der Waals surface area (Å²) in [6.07, 6.45) is 7.48. The molecular weight excluding hydrogens is 306 g/mol. The number of nitrogens with one attached hydrogen (secondary N) is 2. The lowest BCUT2D eigenvalue weighted by Crippen LogP contribution is -2.50. The highest BCUT2D eigenvalue weighted by molar-refractivity contribution is 6.09. The van der Waals surface area contributed by atoms with Gasteiger partial charge in [0.25, 0.3) is 5.91 Å². The van der Waals surface area contributed by atoms with Crippen molar-refractivity contribution in [2.24, 2.45) is 5.92 Å². The van der Waals surface area contributed by atoms with E-state index >= 15 is 0 Å². The van der Waals surface area contributed by atoms with Crippen molar-refractivity contribution in [1.29, 1.82) is 0 Å². The van der Waals surface area contributed by atoms with E-state index < -0.39 is 11.6 Å². The van der Waals surface area contributed by atoms with E-state index in [2.05, 4.69) is 24.5 Å². The number of hydrogen-bond donors (Lipinski definition) is 2. The average molecular weight is 337 g/mol. The lowest BCUT2D eigenvalue weighted by Gasteiger charge is -2.33. The second kappa shape index (κ2) is 7.99. The molecule has 1 atom stereocenters. The van der Waals surface area contributed by atoms with Gasteiger partial charge in [0.2, 0.25) is 5.91 Å². The zero-order valence-corrected chi connectivity index (χ0v) is 15.2. The Bertz CT molecular complexity index is 484. The maximum Gasteiger partial charge on any atom is 0.325 e. The van der Waals surface area contributed by atoms with Crippen LogP contribution in [0.2, 0.25) is 0 Å². The number of amides is 4. The van der Waals surface area contributed by atoms with Crippen LogP contribution in [0, 0.1) is 5.92 Å². The predicted molar refractivity (Wildman–Crippen MR) is 92.4 cm³/mol. The van der Waals surface area contributed by atoms with E-state index in [1.165, 1.54) is 0 Å². The topological polar surface area (TPSA) is 78.5 Å². The van der Waals surface area contributed by atoms with E-state index in [0.717, 1.165) is 43.4 Å². The van der Waals surface area contributed by atoms with E-state index in [9.17, 15) is 14.4 Å². The number of hydrogen-bond acceptors (Lipinski definition) is 3. The minimum Gasteiger partial charge on any atom is -0.352 e. The summed E-state index contributed by atoms with van der Waals surface area (Å²) in [5.74, 6) is 0.0959. The van der Waals surface area contributed by atoms with Gasteiger partial charge in [0.05, 0.1) is 0 Å². The quantitative estimate of drug-likeness (QED) is 0.553. The molecule has 0 unspecified atom stereocenters. The minimum absolute atomic E-state index is 0.0642. The molecule has 4 amide bonds. The Morgan fingerprint density at radius 1 is 1.33 bits per heavy atom. The molecule has 136 valence electrons. The number of nitrogens with zero attached hydrogens (tertiary/aromatic N) is 1. The molecule has 1 aliphatic carbocycles. The Hall–Kier alpha value is -1.59. The third-order valence-electron chi connectivity index (χ3n) is 5.32. The lowest BCUT2D eigenvalue weighted by molar-refractivity contribution is -0.136. The number of imide groups is 1. The second-order valence-corrected chi connectivity index (χ2v) is 7.55. The van der Waals surface area contributed by atoms with Crippen LogP contribution < -0.4 is 10.6 Å². The SMILES string of the molecule is CCCCC[C@@H](C)NC(=O)CN1C(=O)NC2(CCC(C)CC2)C1=O. The van der Waals surface area contributed by atoms with Crippen LogP contribution >= 0.6 is 0 Å². The second-order valence-electron chi connectivity index (χ2n) is 7.55. The highest BCUT2D eigenvalue weighted by Crippen LogP contribution is 2.36. The van der Waals surface area contributed by atoms with Crippen molar-refractivity contribution < 1.29 is 14.4 Å². The molecule has 1 heterocycles. The maximum absolute atomic E-state index is 12.7. The van der Waals surface area contributed by atoms with Crippen LogP contribution in [0.1, 0.15) is 72.1 Å². The summed E-state index contributed by atoms with van der Waals surface area (Å²) in [5.41, 5.74) is -0.767. The molecule has 0 radical (unpaired) electrons. The maximum atomic E-state index is 12.7. The summed E-state index contributed by atoms with van der Waals surface area (Å²) < 4.78 is 0. The smallest absolute Gasteiger partial charge is 0.325 e. The number of unbranched alkanes of at least 4 members (excludes halogenated alkanes) is 2. The average Bonchev–Trinajstić information content (AvgIpc) is 2.75. The van der Waals surface area contributed by atoms with Crippen LogP contribution in [0.25, 0.3) is 0 Å². The Balaban J connectivity index is 1.87. The number of carbonyl (C=O) groups is 3. The molecule has 0 aromatic carbocycles. The van der Waals surface area contributed by atoms with E-state index in [0.29, 0.717) is 18.8 Å². The number of rotatable bonds is 7. The van der Waals surface area contributed by atoms with Crippen molar-refractivity contribution in [3.63, 3.8) is 0 Å². The number of urea groups is 1. The zero-order chi connectivity index (χ0) is 17.7. The molecule has 24 heavy (non-hydrogen) atoms. The molecule has 1 saturated heterocycles. The minimum atomic E-state index is -0.767. The molecule has 0 aromatic rings. The molecule has 6 nitrogen and oxygen atoms in total. The normalized spacial score (nSPS) is 28.1. The summed E-state index contributed by atoms with van der Waals surface area (Å²) in [6, 6.07) is -0.363. The summed E-state index contributed by atoms with van der Waals surface area (Å²) >= 11 is 0. The molecule has 1 aliphatic heterocycles. The molecule has 2 fully saturated rings. The van der Waals surface area contributed by atoms with Gasteiger partial charge < -0.3 is 10.6 Å². The molecular formula is C18H31N3O3. The van der Waals surface area contributed by atoms with Crippen molar-refractivity contribution in [2.75, 3.05) is 6.54 Å². The molecule has 0 bridgehead atoms. The largest absolute Gasteiger partial charge is 0.352 e. The van der Waals surface area contributed by atoms with E-state index in [4.69, 9.17) is 0 Å². The van der Waals surface area contributed by atoms with Gasteiger partial charge in [-0.1, -0.05) is 33.1 Å². The highest BCUT2D eigenvalue weighted by Gasteiger charge is 2.52. The zero-order valence-electron chi connectivity index (χ0n) is 15.2. The molecule has 6 heteroatoms. The van der Waals surface area contributed by atoms with Gasteiger partial charge in [0, 0.05) is 6.04 Å². The molecule has 0 aromatic heterocycles. The van der Waals surface area contributed by atoms with E-state index in [1.807, 2.05) is 6.92 Å². The third kappa shape index (κ3) is 4.28. The van der Waals surface area contributed by atoms with Crippen molar-refractivity contribution in [3.05, 3.63) is 0 Å². The van der Waals surface area contributed by atoms with Gasteiger partial charge in [0.1, 0.15) is 12.1 Å². The van der Waals surface area contributed by atoms with Gasteiger partial charge in [-0.3, -0.25) is 14.5 Å². The molecule has 1 saturated carbocycles. The van der Waals surface area contributed by atoms with Crippen LogP contribution in [0.3, 0.4) is 0 Å². The van der Waals surface area contributed by atoms with Gasteiger partial charge in [-0.05, 0) is 44.9 Å². The molecule has 2 aliphatic rings. The van der Waals surface area contributed by atoms with Gasteiger partial charge in [-0.15, -0.1) is 0 Å². The Morgan fingerprint density at radius 2 is 2.00 bits per heavy atom. The van der Waals surface area contributed by atoms with E-state index in [-0.39, 0.29) is 24.4 Å². The molecule has 1 spiro atoms. The van der Waals surface area contributed by atoms with Crippen molar-refractivity contribution >= 4 is 17.8 Å². The van der Waals surface area contributed by atoms with Crippen LogP contribution in [0.15, 0.2) is 0 Å². The Kier molecular flexibility index (Phi) is 6.24. The monoisotopic (exact) mass is 337 g/mol. The van der Waals surface area contributed by atoms with Gasteiger partial charge >= 0.3 is 6.03 Å². The summed E-state index contributed by atoms with van der Waals surface area (Å²) in [6.45, 7) is 6.09. The fourth-order valence-corrected chi connectivity index (χ4v) is 3.65. The summed E-state index contributed by atoms with van der Waals surface area (Å²) in [4.78, 5) is 38.1. The van der Waals surface area contributed by atoms with Gasteiger partial charge in [-0.2, -0.15) is 0 Å². The first-order valence-electron chi connectivity index (χ1n) is 9.31. The van der Waals surface area contributed by atoms with Crippen LogP contribution in [-0.2, 0) is 9.59 Å². The Morgan fingerprint density at radius 3 is 2.62 bits per heavy atom. The predicted octanol–water partition coefficient (Wildman–Crippen LogP) is 2.57. The molecule has 2 N–H and O–H groups in total. The standard InChI is InChI=1S/C18H31N3O3/c1-4-5-6-7-14(3)19-15(22)12-21-16(23)18(20-17(21)24)10-8-13(2)9-11-18/h13-14H,4-12H2,1-3H3,(H,19,22)(H,20,24)/t13?,14-,18?/m1/s1. The first-order valence-corrected chi connectivity index (χ1v) is 9.31. The highest BCUT2D eigenvalue weighted by atomic mass is 16.2. The fraction of sp³-hybridized carbons (Fsp3) is 0.833. The Labute approximate surface area is 144 Å². The first-order chi connectivity index (χ1) is 11.4. The molecule has 2 rings (SSSR count). The first kappa shape index (κ1) is 18.7. The van der Waals surface area contributed by atoms with Crippen molar-refractivity contribution in [2.45, 2.75) is 83.7 Å². The third-order valence-corrected chi connectivity index (χ3v) is 5.32. The van der Waals surface area contributed by atoms with Crippen molar-refractivity contribution in [3.8, 4) is 0 Å². The lowest BCUT2D eigenvalue weighted by atomic mass is 9.77. The summed E-state index contributed by atoms with van der Waals surface area (Å²) in [5, 5.41) is 5.74. The van der Waals surface area contributed by atoms with Crippen LogP contribution in [0.4, 0.5) is 4.79 Å². The van der Waals surface area contributed by atoms with Crippen LogP contribution in [-0.4, -0.2) is 40.9 Å². The van der Waals surface area contributed by atoms with Crippen LogP contribution in [0.5, 0.6) is 0 Å². The van der Waals surface area contributed by atoms with Gasteiger partial charge in [-0.25, -0.2) is 4.79 Å². The van der Waals surface area contributed by atoms with Crippen molar-refractivity contribution in [1.82, 2.24) is 15.5 Å². The number of carbonyl (C=O) groups excluding carboxylic acids is 3. The summed E-state index contributed by atoms with van der Waals surface area (Å²) in [7, 11) is 0. The van der Waals surface area contributed by atoms with E-state index in [1.54, 1.807) is 0 Å². The van der Waals surface area contributed by atoms with Gasteiger partial charge in [0.15, 0.2) is 0 Å². The fourth-order valence-electron chi connectivity index (χ4n) is 3.65.